The monoisotopic (exact) mass is 434 g/mol. The number of rotatable bonds is 5. The molecular formula is C18H19BrN4O4. The summed E-state index contributed by atoms with van der Waals surface area (Å²) >= 11 is 3.12. The number of hydrogen-bond donors (Lipinski definition) is 2. The van der Waals surface area contributed by atoms with E-state index in [0.29, 0.717) is 36.4 Å². The molecule has 0 unspecified atom stereocenters. The number of amides is 3. The van der Waals surface area contributed by atoms with Gasteiger partial charge in [0.1, 0.15) is 5.82 Å². The maximum atomic E-state index is 12.3. The van der Waals surface area contributed by atoms with Crippen LogP contribution in [0.1, 0.15) is 23.4 Å². The fourth-order valence-electron chi connectivity index (χ4n) is 2.85. The number of hydrogen-bond acceptors (Lipinski definition) is 5. The van der Waals surface area contributed by atoms with Gasteiger partial charge in [0.15, 0.2) is 10.4 Å². The number of halogens is 1. The molecule has 1 aliphatic heterocycles. The van der Waals surface area contributed by atoms with E-state index in [2.05, 4.69) is 31.5 Å². The van der Waals surface area contributed by atoms with Crippen LogP contribution in [0.25, 0.3) is 0 Å². The SMILES string of the molecule is O=C(NCC(=O)N1CCC(C(=O)Nc2ccccn2)CC1)c1ccc(Br)o1. The summed E-state index contributed by atoms with van der Waals surface area (Å²) in [5, 5.41) is 5.33. The number of anilines is 1. The van der Waals surface area contributed by atoms with Gasteiger partial charge in [-0.15, -0.1) is 0 Å². The van der Waals surface area contributed by atoms with Gasteiger partial charge in [-0.2, -0.15) is 0 Å². The van der Waals surface area contributed by atoms with Gasteiger partial charge < -0.3 is 20.0 Å². The van der Waals surface area contributed by atoms with E-state index in [0.717, 1.165) is 0 Å². The van der Waals surface area contributed by atoms with Crippen LogP contribution < -0.4 is 10.6 Å². The second kappa shape index (κ2) is 8.81. The van der Waals surface area contributed by atoms with E-state index in [1.54, 1.807) is 35.4 Å². The molecule has 3 amide bonds. The molecule has 3 rings (SSSR count). The quantitative estimate of drug-likeness (QED) is 0.748. The number of carbonyl (C=O) groups is 3. The third kappa shape index (κ3) is 5.16. The Labute approximate surface area is 164 Å². The average Bonchev–Trinajstić information content (AvgIpc) is 3.13. The Hall–Kier alpha value is -2.68. The molecular weight excluding hydrogens is 416 g/mol. The van der Waals surface area contributed by atoms with Gasteiger partial charge >= 0.3 is 0 Å². The number of nitrogens with zero attached hydrogens (tertiary/aromatic N) is 2. The van der Waals surface area contributed by atoms with Crippen LogP contribution in [-0.4, -0.2) is 47.2 Å². The van der Waals surface area contributed by atoms with Crippen LogP contribution in [0.4, 0.5) is 5.82 Å². The molecule has 3 heterocycles. The van der Waals surface area contributed by atoms with Gasteiger partial charge in [-0.3, -0.25) is 14.4 Å². The van der Waals surface area contributed by atoms with Gasteiger partial charge in [0.05, 0.1) is 6.54 Å². The second-order valence-electron chi connectivity index (χ2n) is 6.15. The Morgan fingerprint density at radius 1 is 1.19 bits per heavy atom. The predicted molar refractivity (Wildman–Crippen MR) is 101 cm³/mol. The smallest absolute Gasteiger partial charge is 0.287 e. The van der Waals surface area contributed by atoms with Crippen LogP contribution in [0.5, 0.6) is 0 Å². The van der Waals surface area contributed by atoms with Crippen molar-refractivity contribution in [2.75, 3.05) is 25.0 Å². The molecule has 8 nitrogen and oxygen atoms in total. The van der Waals surface area contributed by atoms with Crippen LogP contribution in [0.2, 0.25) is 0 Å². The number of carbonyl (C=O) groups excluding carboxylic acids is 3. The highest BCUT2D eigenvalue weighted by molar-refractivity contribution is 9.10. The van der Waals surface area contributed by atoms with E-state index >= 15 is 0 Å². The fraction of sp³-hybridized carbons (Fsp3) is 0.333. The average molecular weight is 435 g/mol. The summed E-state index contributed by atoms with van der Waals surface area (Å²) in [4.78, 5) is 42.2. The standard InChI is InChI=1S/C18H19BrN4O4/c19-14-5-4-13(27-14)18(26)21-11-16(24)23-9-6-12(7-10-23)17(25)22-15-3-1-2-8-20-15/h1-5,8,12H,6-7,9-11H2,(H,21,26)(H,20,22,25). The molecule has 2 aromatic rings. The normalized spacial score (nSPS) is 14.6. The number of piperidine rings is 1. The lowest BCUT2D eigenvalue weighted by Crippen LogP contribution is -2.45. The lowest BCUT2D eigenvalue weighted by molar-refractivity contribution is -0.133. The van der Waals surface area contributed by atoms with Crippen molar-refractivity contribution >= 4 is 39.5 Å². The summed E-state index contributed by atoms with van der Waals surface area (Å²) in [6.07, 6.45) is 2.76. The number of furan rings is 1. The number of nitrogens with one attached hydrogen (secondary N) is 2. The van der Waals surface area contributed by atoms with Crippen LogP contribution >= 0.6 is 15.9 Å². The molecule has 0 radical (unpaired) electrons. The highest BCUT2D eigenvalue weighted by Crippen LogP contribution is 2.19. The zero-order valence-electron chi connectivity index (χ0n) is 14.5. The summed E-state index contributed by atoms with van der Waals surface area (Å²) < 4.78 is 5.59. The molecule has 1 fully saturated rings. The Morgan fingerprint density at radius 3 is 2.59 bits per heavy atom. The Bertz CT molecular complexity index is 816. The summed E-state index contributed by atoms with van der Waals surface area (Å²) in [6.45, 7) is 0.838. The summed E-state index contributed by atoms with van der Waals surface area (Å²) in [5.41, 5.74) is 0. The molecule has 27 heavy (non-hydrogen) atoms. The van der Waals surface area contributed by atoms with Crippen molar-refractivity contribution < 1.29 is 18.8 Å². The van der Waals surface area contributed by atoms with Crippen LogP contribution in [-0.2, 0) is 9.59 Å². The lowest BCUT2D eigenvalue weighted by Gasteiger charge is -2.31. The van der Waals surface area contributed by atoms with Gasteiger partial charge in [0, 0.05) is 25.2 Å². The predicted octanol–water partition coefficient (Wildman–Crippen LogP) is 2.04. The minimum atomic E-state index is -0.446. The van der Waals surface area contributed by atoms with Crippen LogP contribution in [0.15, 0.2) is 45.6 Å². The molecule has 2 N–H and O–H groups in total. The Balaban J connectivity index is 1.42. The maximum Gasteiger partial charge on any atom is 0.287 e. The third-order valence-corrected chi connectivity index (χ3v) is 4.76. The summed E-state index contributed by atoms with van der Waals surface area (Å²) in [7, 11) is 0. The lowest BCUT2D eigenvalue weighted by atomic mass is 9.96. The van der Waals surface area contributed by atoms with E-state index in [1.807, 2.05) is 0 Å². The highest BCUT2D eigenvalue weighted by Gasteiger charge is 2.27. The number of likely N-dealkylation sites (tertiary alicyclic amines) is 1. The first-order valence-electron chi connectivity index (χ1n) is 8.56. The fourth-order valence-corrected chi connectivity index (χ4v) is 3.15. The molecule has 0 aromatic carbocycles. The first-order chi connectivity index (χ1) is 13.0. The van der Waals surface area contributed by atoms with E-state index in [1.165, 1.54) is 6.07 Å². The van der Waals surface area contributed by atoms with Crippen molar-refractivity contribution in [3.05, 3.63) is 47.0 Å². The number of aromatic nitrogens is 1. The number of pyridine rings is 1. The first kappa shape index (κ1) is 19.1. The van der Waals surface area contributed by atoms with Gasteiger partial charge in [0.25, 0.3) is 5.91 Å². The minimum absolute atomic E-state index is 0.0856. The van der Waals surface area contributed by atoms with Crippen molar-refractivity contribution in [3.8, 4) is 0 Å². The van der Waals surface area contributed by atoms with E-state index in [9.17, 15) is 14.4 Å². The highest BCUT2D eigenvalue weighted by atomic mass is 79.9. The van der Waals surface area contributed by atoms with Crippen molar-refractivity contribution in [3.63, 3.8) is 0 Å². The molecule has 1 saturated heterocycles. The first-order valence-corrected chi connectivity index (χ1v) is 9.35. The molecule has 0 bridgehead atoms. The third-order valence-electron chi connectivity index (χ3n) is 4.33. The Morgan fingerprint density at radius 2 is 1.96 bits per heavy atom. The molecule has 142 valence electrons. The zero-order chi connectivity index (χ0) is 19.2. The molecule has 0 aliphatic carbocycles. The molecule has 2 aromatic heterocycles. The molecule has 0 spiro atoms. The van der Waals surface area contributed by atoms with E-state index in [4.69, 9.17) is 4.42 Å². The van der Waals surface area contributed by atoms with Crippen molar-refractivity contribution in [1.82, 2.24) is 15.2 Å². The van der Waals surface area contributed by atoms with Gasteiger partial charge in [-0.25, -0.2) is 4.98 Å². The van der Waals surface area contributed by atoms with Gasteiger partial charge in [-0.1, -0.05) is 6.07 Å². The van der Waals surface area contributed by atoms with E-state index < -0.39 is 5.91 Å². The second-order valence-corrected chi connectivity index (χ2v) is 6.93. The minimum Gasteiger partial charge on any atom is -0.444 e. The van der Waals surface area contributed by atoms with Gasteiger partial charge in [0.2, 0.25) is 11.8 Å². The van der Waals surface area contributed by atoms with E-state index in [-0.39, 0.29) is 30.0 Å². The topological polar surface area (TPSA) is 105 Å². The maximum absolute atomic E-state index is 12.3. The van der Waals surface area contributed by atoms with Crippen molar-refractivity contribution in [2.24, 2.45) is 5.92 Å². The largest absolute Gasteiger partial charge is 0.444 e. The Kier molecular flexibility index (Phi) is 6.23. The van der Waals surface area contributed by atoms with Crippen LogP contribution in [0.3, 0.4) is 0 Å². The van der Waals surface area contributed by atoms with Crippen molar-refractivity contribution in [2.45, 2.75) is 12.8 Å². The molecule has 0 saturated carbocycles. The summed E-state index contributed by atoms with van der Waals surface area (Å²) in [6, 6.07) is 8.45. The van der Waals surface area contributed by atoms with Gasteiger partial charge in [-0.05, 0) is 53.0 Å². The van der Waals surface area contributed by atoms with Crippen molar-refractivity contribution in [1.29, 1.82) is 0 Å². The molecule has 1 aliphatic rings. The van der Waals surface area contributed by atoms with Crippen LogP contribution in [0, 0.1) is 5.92 Å². The zero-order valence-corrected chi connectivity index (χ0v) is 16.1. The molecule has 9 heteroatoms. The summed E-state index contributed by atoms with van der Waals surface area (Å²) in [5.74, 6) is -0.215. The molecule has 0 atom stereocenters.